The molecule has 0 aromatic heterocycles. The summed E-state index contributed by atoms with van der Waals surface area (Å²) in [7, 11) is 2.44. The van der Waals surface area contributed by atoms with Gasteiger partial charge in [0.2, 0.25) is 0 Å². The SMILES string of the molecule is Cc1cc(C)c(-c2cc(-c3cc4ccccc4cc3Nc3ccc(-c4ccccc4)cc3)c3c(c2)N2c4ccccc4C(C)(C)c4cccc(c42)[B]3)c(C)c1. The molecule has 2 aliphatic rings. The van der Waals surface area contributed by atoms with Crippen molar-refractivity contribution in [2.75, 3.05) is 10.2 Å². The van der Waals surface area contributed by atoms with E-state index in [0.717, 1.165) is 11.4 Å². The van der Waals surface area contributed by atoms with E-state index in [4.69, 9.17) is 0 Å². The Morgan fingerprint density at radius 1 is 0.527 bits per heavy atom. The number of hydrogen-bond donors (Lipinski definition) is 1. The first-order valence-corrected chi connectivity index (χ1v) is 19.3. The van der Waals surface area contributed by atoms with Crippen molar-refractivity contribution in [2.45, 2.75) is 40.0 Å². The highest BCUT2D eigenvalue weighted by Gasteiger charge is 2.41. The second-order valence-electron chi connectivity index (χ2n) is 15.9. The fourth-order valence-corrected chi connectivity index (χ4v) is 9.38. The molecule has 2 aliphatic heterocycles. The van der Waals surface area contributed by atoms with Crippen molar-refractivity contribution in [1.29, 1.82) is 0 Å². The number of aryl methyl sites for hydroxylation is 3. The van der Waals surface area contributed by atoms with Gasteiger partial charge in [-0.25, -0.2) is 0 Å². The van der Waals surface area contributed by atoms with Crippen LogP contribution in [-0.4, -0.2) is 7.28 Å². The maximum atomic E-state index is 3.90. The van der Waals surface area contributed by atoms with Crippen molar-refractivity contribution in [3.63, 3.8) is 0 Å². The summed E-state index contributed by atoms with van der Waals surface area (Å²) >= 11 is 0. The molecule has 0 saturated carbocycles. The monoisotopic (exact) mass is 705 g/mol. The van der Waals surface area contributed by atoms with Crippen LogP contribution in [0.2, 0.25) is 0 Å². The number of nitrogens with zero attached hydrogens (tertiary/aromatic N) is 1. The summed E-state index contributed by atoms with van der Waals surface area (Å²) in [4.78, 5) is 2.56. The average Bonchev–Trinajstić information content (AvgIpc) is 3.19. The van der Waals surface area contributed by atoms with Crippen LogP contribution in [0.25, 0.3) is 44.2 Å². The number of benzene rings is 8. The Morgan fingerprint density at radius 2 is 1.18 bits per heavy atom. The first kappa shape index (κ1) is 33.3. The maximum absolute atomic E-state index is 3.90. The fourth-order valence-electron chi connectivity index (χ4n) is 9.38. The van der Waals surface area contributed by atoms with Crippen LogP contribution >= 0.6 is 0 Å². The number of nitrogens with one attached hydrogen (secondary N) is 1. The van der Waals surface area contributed by atoms with E-state index in [1.54, 1.807) is 0 Å². The van der Waals surface area contributed by atoms with Gasteiger partial charge < -0.3 is 10.2 Å². The van der Waals surface area contributed by atoms with Crippen LogP contribution in [0.4, 0.5) is 28.4 Å². The molecule has 1 radical (unpaired) electrons. The van der Waals surface area contributed by atoms with Crippen LogP contribution in [0.15, 0.2) is 158 Å². The van der Waals surface area contributed by atoms with Gasteiger partial charge in [-0.3, -0.25) is 0 Å². The van der Waals surface area contributed by atoms with Gasteiger partial charge in [-0.1, -0.05) is 140 Å². The minimum atomic E-state index is -0.139. The fraction of sp³-hybridized carbons (Fsp3) is 0.115. The summed E-state index contributed by atoms with van der Waals surface area (Å²) in [5.41, 5.74) is 22.1. The van der Waals surface area contributed by atoms with Gasteiger partial charge in [0.15, 0.2) is 7.28 Å². The molecule has 55 heavy (non-hydrogen) atoms. The highest BCUT2D eigenvalue weighted by atomic mass is 15.2. The topological polar surface area (TPSA) is 15.3 Å². The smallest absolute Gasteiger partial charge is 0.197 e. The van der Waals surface area contributed by atoms with Gasteiger partial charge in [0.05, 0.1) is 5.69 Å². The van der Waals surface area contributed by atoms with Crippen LogP contribution in [0.3, 0.4) is 0 Å². The van der Waals surface area contributed by atoms with E-state index < -0.39 is 0 Å². The van der Waals surface area contributed by atoms with Crippen molar-refractivity contribution in [2.24, 2.45) is 0 Å². The van der Waals surface area contributed by atoms with Gasteiger partial charge >= 0.3 is 0 Å². The molecule has 1 N–H and O–H groups in total. The first-order chi connectivity index (χ1) is 26.7. The molecule has 263 valence electrons. The van der Waals surface area contributed by atoms with E-state index in [-0.39, 0.29) is 5.41 Å². The second-order valence-corrected chi connectivity index (χ2v) is 15.9. The van der Waals surface area contributed by atoms with Gasteiger partial charge in [-0.15, -0.1) is 0 Å². The molecule has 0 fully saturated rings. The molecule has 10 rings (SSSR count). The van der Waals surface area contributed by atoms with Crippen LogP contribution < -0.4 is 21.1 Å². The standard InChI is InChI=1S/C52H42BN2/c1-32-26-33(2)49(34(3)27-32)39-29-42(50-48(31-39)55-47-21-12-11-18-43(47)52(4,5)44-19-13-20-45(53-50)51(44)55)41-28-37-16-9-10-17-38(37)30-46(41)54-40-24-22-36(23-25-40)35-14-7-6-8-15-35/h6-31,54H,1-5H3. The van der Waals surface area contributed by atoms with E-state index in [9.17, 15) is 0 Å². The van der Waals surface area contributed by atoms with E-state index >= 15 is 0 Å². The van der Waals surface area contributed by atoms with Crippen LogP contribution in [0, 0.1) is 20.8 Å². The minimum absolute atomic E-state index is 0.139. The minimum Gasteiger partial charge on any atom is -0.355 e. The Morgan fingerprint density at radius 3 is 1.95 bits per heavy atom. The summed E-state index contributed by atoms with van der Waals surface area (Å²) < 4.78 is 0. The summed E-state index contributed by atoms with van der Waals surface area (Å²) in [6.45, 7) is 11.5. The molecule has 0 aliphatic carbocycles. The lowest BCUT2D eigenvalue weighted by Crippen LogP contribution is -2.45. The molecular weight excluding hydrogens is 663 g/mol. The Bertz CT molecular complexity index is 2790. The normalized spacial score (nSPS) is 13.4. The van der Waals surface area contributed by atoms with E-state index in [1.165, 1.54) is 100.0 Å². The molecule has 3 heteroatoms. The lowest BCUT2D eigenvalue weighted by molar-refractivity contribution is 0.632. The lowest BCUT2D eigenvalue weighted by atomic mass is 9.55. The predicted octanol–water partition coefficient (Wildman–Crippen LogP) is 12.6. The Hall–Kier alpha value is -6.32. The summed E-state index contributed by atoms with van der Waals surface area (Å²) in [6.07, 6.45) is 0. The zero-order valence-electron chi connectivity index (χ0n) is 32.0. The predicted molar refractivity (Wildman–Crippen MR) is 236 cm³/mol. The molecule has 2 heterocycles. The van der Waals surface area contributed by atoms with Crippen LogP contribution in [0.1, 0.15) is 41.7 Å². The van der Waals surface area contributed by atoms with Gasteiger partial charge in [0.1, 0.15) is 0 Å². The molecule has 0 atom stereocenters. The third-order valence-corrected chi connectivity index (χ3v) is 11.9. The second kappa shape index (κ2) is 12.6. The Balaban J connectivity index is 1.24. The summed E-state index contributed by atoms with van der Waals surface area (Å²) in [6, 6.07) is 58.2. The van der Waals surface area contributed by atoms with Crippen molar-refractivity contribution in [1.82, 2.24) is 0 Å². The maximum Gasteiger partial charge on any atom is 0.197 e. The number of rotatable bonds is 5. The Kier molecular flexibility index (Phi) is 7.64. The zero-order chi connectivity index (χ0) is 37.4. The van der Waals surface area contributed by atoms with Crippen molar-refractivity contribution < 1.29 is 0 Å². The third kappa shape index (κ3) is 5.41. The molecule has 0 amide bonds. The summed E-state index contributed by atoms with van der Waals surface area (Å²) in [5, 5.41) is 6.32. The quantitative estimate of drug-likeness (QED) is 0.179. The van der Waals surface area contributed by atoms with Crippen molar-refractivity contribution in [3.05, 3.63) is 186 Å². The number of hydrogen-bond acceptors (Lipinski definition) is 2. The summed E-state index contributed by atoms with van der Waals surface area (Å²) in [5.74, 6) is 0. The van der Waals surface area contributed by atoms with Crippen molar-refractivity contribution in [3.8, 4) is 33.4 Å². The largest absolute Gasteiger partial charge is 0.355 e. The van der Waals surface area contributed by atoms with E-state index in [1.807, 2.05) is 0 Å². The van der Waals surface area contributed by atoms with Gasteiger partial charge in [-0.2, -0.15) is 0 Å². The van der Waals surface area contributed by atoms with E-state index in [0.29, 0.717) is 0 Å². The van der Waals surface area contributed by atoms with Gasteiger partial charge in [0.25, 0.3) is 0 Å². The number of para-hydroxylation sites is 2. The third-order valence-electron chi connectivity index (χ3n) is 11.9. The highest BCUT2D eigenvalue weighted by molar-refractivity contribution is 6.73. The average molecular weight is 706 g/mol. The molecule has 0 saturated heterocycles. The number of anilines is 5. The molecule has 8 aromatic carbocycles. The molecule has 0 bridgehead atoms. The Labute approximate surface area is 325 Å². The van der Waals surface area contributed by atoms with Crippen LogP contribution in [-0.2, 0) is 5.41 Å². The first-order valence-electron chi connectivity index (χ1n) is 19.3. The molecule has 8 aromatic rings. The van der Waals surface area contributed by atoms with E-state index in [2.05, 4.69) is 210 Å². The van der Waals surface area contributed by atoms with Crippen LogP contribution in [0.5, 0.6) is 0 Å². The van der Waals surface area contributed by atoms with Crippen molar-refractivity contribution >= 4 is 57.4 Å². The van der Waals surface area contributed by atoms with Gasteiger partial charge in [0, 0.05) is 33.7 Å². The highest BCUT2D eigenvalue weighted by Crippen LogP contribution is 2.53. The number of fused-ring (bicyclic) bond motifs is 5. The molecular formula is C52H42BN2. The zero-order valence-corrected chi connectivity index (χ0v) is 32.0. The molecule has 0 spiro atoms. The lowest BCUT2D eigenvalue weighted by Gasteiger charge is -2.46. The molecule has 2 nitrogen and oxygen atoms in total. The van der Waals surface area contributed by atoms with Gasteiger partial charge in [-0.05, 0) is 130 Å². The molecule has 0 unspecified atom stereocenters.